The monoisotopic (exact) mass is 901 g/mol. The molecule has 7 N–H and O–H groups in total. The van der Waals surface area contributed by atoms with Crippen LogP contribution < -0.4 is 0 Å². The molecule has 3 aliphatic heterocycles. The highest BCUT2D eigenvalue weighted by molar-refractivity contribution is 6.77. The molecule has 7 unspecified atom stereocenters. The van der Waals surface area contributed by atoms with Crippen LogP contribution in [0.4, 0.5) is 0 Å². The quantitative estimate of drug-likeness (QED) is 0.0423. The van der Waals surface area contributed by atoms with Crippen molar-refractivity contribution in [2.24, 2.45) is 25.6 Å². The molecule has 1 aliphatic carbocycles. The first kappa shape index (κ1) is 50.8. The molecule has 0 radical (unpaired) electrons. The SMILES string of the molecule is CC(C)[Si](OCC1O[C@@H](O[C@H]2C(N=[N+]=[N-])C[C@@H](N=[N+]=[N-])C(O)[C@H]2O[C@@H]2O[C@H](CO)[C@H](O[C@H]3O[C@@H](CN=[N+]=[N-])[C@@H](O)C(O)C3N=[N+]=[N-])C2O)C(N=[N+]=[N-])[C@@H](O)[C@H]1O)(C(C)C)C(C)C. The van der Waals surface area contributed by atoms with Crippen molar-refractivity contribution in [1.82, 2.24) is 0 Å². The summed E-state index contributed by atoms with van der Waals surface area (Å²) in [7, 11) is -2.58. The van der Waals surface area contributed by atoms with Gasteiger partial charge in [-0.25, -0.2) is 0 Å². The van der Waals surface area contributed by atoms with Crippen LogP contribution in [0, 0.1) is 0 Å². The summed E-state index contributed by atoms with van der Waals surface area (Å²) in [5.74, 6) is 0. The second kappa shape index (κ2) is 22.7. The Kier molecular flexibility index (Phi) is 18.6. The maximum absolute atomic E-state index is 11.6. The van der Waals surface area contributed by atoms with Gasteiger partial charge in [-0.05, 0) is 50.7 Å². The van der Waals surface area contributed by atoms with Crippen LogP contribution in [0.5, 0.6) is 0 Å². The summed E-state index contributed by atoms with van der Waals surface area (Å²) in [6.45, 7) is 10.7. The van der Waals surface area contributed by atoms with Gasteiger partial charge in [-0.3, -0.25) is 0 Å². The van der Waals surface area contributed by atoms with E-state index >= 15 is 0 Å². The summed E-state index contributed by atoms with van der Waals surface area (Å²) in [6, 6.07) is -6.00. The molecule has 30 heteroatoms. The van der Waals surface area contributed by atoms with Gasteiger partial charge in [0.25, 0.3) is 0 Å². The van der Waals surface area contributed by atoms with Crippen LogP contribution in [0.15, 0.2) is 25.6 Å². The van der Waals surface area contributed by atoms with Gasteiger partial charge < -0.3 is 68.6 Å². The number of ether oxygens (including phenoxy) is 6. The normalized spacial score (nSPS) is 39.8. The summed E-state index contributed by atoms with van der Waals surface area (Å²) < 4.78 is 42.5. The fourth-order valence-corrected chi connectivity index (χ4v) is 14.4. The van der Waals surface area contributed by atoms with Crippen molar-refractivity contribution in [3.8, 4) is 0 Å². The highest BCUT2D eigenvalue weighted by Crippen LogP contribution is 2.43. The zero-order valence-electron chi connectivity index (χ0n) is 34.7. The first-order valence-electron chi connectivity index (χ1n) is 19.9. The molecule has 3 saturated heterocycles. The van der Waals surface area contributed by atoms with E-state index in [1.165, 1.54) is 0 Å². The molecule has 4 rings (SSSR count). The van der Waals surface area contributed by atoms with Crippen molar-refractivity contribution in [1.29, 1.82) is 0 Å². The summed E-state index contributed by atoms with van der Waals surface area (Å²) in [5, 5.41) is 95.1. The molecule has 62 heavy (non-hydrogen) atoms. The molecule has 29 nitrogen and oxygen atoms in total. The molecule has 0 bridgehead atoms. The average Bonchev–Trinajstić information content (AvgIpc) is 3.52. The predicted molar refractivity (Wildman–Crippen MR) is 211 cm³/mol. The molecule has 1 saturated carbocycles. The standard InChI is InChI=1S/C32H55N15O14Si/c1-11(2)62(12(3)4,13(5)6)55-10-18-23(51)25(53)20(42-47-37)31(58-18)59-27-15(40-45-35)7-14(39-44-34)21(49)29(27)61-32-26(54)28(17(9-48)57-32)60-30-19(41-46-36)24(52)22(50)16(56-30)8-38-43-33/h11-32,48-54H,7-10H2,1-6H3/t14-,15?,16+,17-,18?,19?,20?,21?,22-,23+,24?,25-,26?,27+,28+,29-,30-,31+,32+/m1/s1. The predicted octanol–water partition coefficient (Wildman–Crippen LogP) is 2.10. The second-order valence-electron chi connectivity index (χ2n) is 16.3. The highest BCUT2D eigenvalue weighted by Gasteiger charge is 2.56. The maximum atomic E-state index is 11.6. The third-order valence-electron chi connectivity index (χ3n) is 11.9. The molecule has 4 aliphatic rings. The first-order chi connectivity index (χ1) is 29.5. The molecule has 4 fully saturated rings. The van der Waals surface area contributed by atoms with E-state index in [4.69, 9.17) is 38.4 Å². The van der Waals surface area contributed by atoms with Crippen LogP contribution in [0.2, 0.25) is 16.6 Å². The lowest BCUT2D eigenvalue weighted by molar-refractivity contribution is -0.310. The van der Waals surface area contributed by atoms with Crippen molar-refractivity contribution in [2.75, 3.05) is 19.8 Å². The Bertz CT molecular complexity index is 1720. The molecule has 0 aromatic rings. The van der Waals surface area contributed by atoms with E-state index in [2.05, 4.69) is 50.1 Å². The topological polar surface area (TPSA) is 450 Å². The van der Waals surface area contributed by atoms with Crippen LogP contribution in [0.3, 0.4) is 0 Å². The Morgan fingerprint density at radius 1 is 0.548 bits per heavy atom. The summed E-state index contributed by atoms with van der Waals surface area (Å²) >= 11 is 0. The Morgan fingerprint density at radius 3 is 1.52 bits per heavy atom. The van der Waals surface area contributed by atoms with Gasteiger partial charge in [0.05, 0.1) is 62.4 Å². The fourth-order valence-electron chi connectivity index (χ4n) is 8.99. The smallest absolute Gasteiger partial charge is 0.200 e. The van der Waals surface area contributed by atoms with Crippen LogP contribution >= 0.6 is 0 Å². The number of aliphatic hydroxyl groups excluding tert-OH is 7. The van der Waals surface area contributed by atoms with Crippen LogP contribution in [-0.4, -0.2) is 180 Å². The number of aliphatic hydroxyl groups is 7. The number of hydrogen-bond donors (Lipinski definition) is 7. The van der Waals surface area contributed by atoms with Crippen molar-refractivity contribution < 1.29 is 68.6 Å². The van der Waals surface area contributed by atoms with Crippen LogP contribution in [-0.2, 0) is 32.8 Å². The lowest BCUT2D eigenvalue weighted by atomic mass is 9.84. The zero-order chi connectivity index (χ0) is 46.1. The first-order valence-corrected chi connectivity index (χ1v) is 22.0. The summed E-state index contributed by atoms with van der Waals surface area (Å²) in [4.78, 5) is 13.7. The fraction of sp³-hybridized carbons (Fsp3) is 1.00. The van der Waals surface area contributed by atoms with Gasteiger partial charge in [0.2, 0.25) is 0 Å². The second-order valence-corrected chi connectivity index (χ2v) is 21.7. The van der Waals surface area contributed by atoms with E-state index in [1.807, 2.05) is 41.5 Å². The molecule has 0 aromatic carbocycles. The minimum Gasteiger partial charge on any atom is -0.413 e. The number of nitrogens with zero attached hydrogens (tertiary/aromatic N) is 15. The van der Waals surface area contributed by atoms with E-state index in [0.717, 1.165) is 0 Å². The Labute approximate surface area is 355 Å². The van der Waals surface area contributed by atoms with E-state index in [0.29, 0.717) is 0 Å². The molecule has 3 heterocycles. The van der Waals surface area contributed by atoms with E-state index in [-0.39, 0.29) is 29.7 Å². The third-order valence-corrected chi connectivity index (χ3v) is 18.0. The lowest BCUT2D eigenvalue weighted by Crippen LogP contribution is -2.64. The molecule has 0 aromatic heterocycles. The van der Waals surface area contributed by atoms with Gasteiger partial charge >= 0.3 is 0 Å². The van der Waals surface area contributed by atoms with Crippen LogP contribution in [0.25, 0.3) is 52.2 Å². The largest absolute Gasteiger partial charge is 0.413 e. The van der Waals surface area contributed by atoms with Gasteiger partial charge in [-0.2, -0.15) is 0 Å². The Morgan fingerprint density at radius 2 is 1.02 bits per heavy atom. The number of hydrogen-bond acceptors (Lipinski definition) is 19. The summed E-state index contributed by atoms with van der Waals surface area (Å²) in [6.07, 6.45) is -25.5. The van der Waals surface area contributed by atoms with Gasteiger partial charge in [0.1, 0.15) is 54.8 Å². The molecular weight excluding hydrogens is 847 g/mol. The minimum absolute atomic E-state index is 0.123. The van der Waals surface area contributed by atoms with Crippen molar-refractivity contribution in [2.45, 2.75) is 181 Å². The Hall–Kier alpha value is -3.79. The van der Waals surface area contributed by atoms with E-state index in [1.54, 1.807) is 0 Å². The highest BCUT2D eigenvalue weighted by atomic mass is 28.4. The third kappa shape index (κ3) is 10.8. The minimum atomic E-state index is -2.58. The summed E-state index contributed by atoms with van der Waals surface area (Å²) in [5.41, 5.74) is 46.7. The van der Waals surface area contributed by atoms with Crippen molar-refractivity contribution in [3.63, 3.8) is 0 Å². The van der Waals surface area contributed by atoms with Gasteiger partial charge in [0.15, 0.2) is 27.2 Å². The molecular formula is C32H55N15O14Si. The molecule has 0 amide bonds. The van der Waals surface area contributed by atoms with Crippen LogP contribution in [0.1, 0.15) is 48.0 Å². The molecule has 0 spiro atoms. The van der Waals surface area contributed by atoms with E-state index < -0.39 is 138 Å². The Balaban J connectivity index is 1.69. The number of azide groups is 5. The number of rotatable bonds is 19. The maximum Gasteiger partial charge on any atom is 0.200 e. The molecule has 346 valence electrons. The molecule has 19 atom stereocenters. The van der Waals surface area contributed by atoms with Crippen molar-refractivity contribution >= 4 is 8.32 Å². The van der Waals surface area contributed by atoms with E-state index in [9.17, 15) is 57.9 Å². The van der Waals surface area contributed by atoms with Gasteiger partial charge in [0, 0.05) is 24.6 Å². The van der Waals surface area contributed by atoms with Crippen molar-refractivity contribution in [3.05, 3.63) is 52.2 Å². The zero-order valence-corrected chi connectivity index (χ0v) is 35.7. The average molecular weight is 902 g/mol. The van der Waals surface area contributed by atoms with Gasteiger partial charge in [-0.1, -0.05) is 67.1 Å². The van der Waals surface area contributed by atoms with Gasteiger partial charge in [-0.15, -0.1) is 0 Å². The lowest BCUT2D eigenvalue weighted by Gasteiger charge is -2.48.